The minimum atomic E-state index is -0.143. The maximum Gasteiger partial charge on any atom is 0.273 e. The lowest BCUT2D eigenvalue weighted by atomic mass is 9.98. The average Bonchev–Trinajstić information content (AvgIpc) is 2.94. The Hall–Kier alpha value is -4.33. The third-order valence-electron chi connectivity index (χ3n) is 6.46. The van der Waals surface area contributed by atoms with E-state index in [0.29, 0.717) is 64.7 Å². The maximum absolute atomic E-state index is 13.8. The van der Waals surface area contributed by atoms with Crippen molar-refractivity contribution in [3.05, 3.63) is 71.4 Å². The van der Waals surface area contributed by atoms with Crippen molar-refractivity contribution in [2.75, 3.05) is 35.0 Å². The molecule has 0 spiro atoms. The normalized spacial score (nSPS) is 12.7. The van der Waals surface area contributed by atoms with Crippen LogP contribution in [0.3, 0.4) is 0 Å². The highest BCUT2D eigenvalue weighted by molar-refractivity contribution is 6.05. The van der Waals surface area contributed by atoms with Gasteiger partial charge in [-0.3, -0.25) is 4.79 Å². The van der Waals surface area contributed by atoms with Crippen molar-refractivity contribution in [3.63, 3.8) is 0 Å². The highest BCUT2D eigenvalue weighted by Crippen LogP contribution is 2.41. The Kier molecular flexibility index (Phi) is 6.33. The number of aromatic nitrogens is 2. The number of nitrogens with zero attached hydrogens (tertiary/aromatic N) is 3. The fraction of sp³-hybridized carbons (Fsp3) is 0.250. The van der Waals surface area contributed by atoms with Gasteiger partial charge >= 0.3 is 0 Å². The van der Waals surface area contributed by atoms with Gasteiger partial charge in [-0.1, -0.05) is 30.3 Å². The Morgan fingerprint density at radius 3 is 2.25 bits per heavy atom. The van der Waals surface area contributed by atoms with Crippen molar-refractivity contribution in [1.82, 2.24) is 14.9 Å². The molecule has 0 unspecified atom stereocenters. The number of fused-ring (bicyclic) bond motifs is 2. The van der Waals surface area contributed by atoms with Crippen LogP contribution >= 0.6 is 0 Å². The fourth-order valence-electron chi connectivity index (χ4n) is 4.67. The fourth-order valence-corrected chi connectivity index (χ4v) is 4.67. The van der Waals surface area contributed by atoms with E-state index in [1.54, 1.807) is 40.6 Å². The summed E-state index contributed by atoms with van der Waals surface area (Å²) in [5, 5.41) is 0.704. The summed E-state index contributed by atoms with van der Waals surface area (Å²) in [6.07, 6.45) is 0.716. The zero-order chi connectivity index (χ0) is 25.2. The standard InChI is InChI=1S/C28H27N3O5/c1-33-22-11-7-8-17-16-31(13-12-19(17)22)28(32)25-20-9-5-6-10-21(20)29-27(30-25)18-14-23(34-2)26(36-4)24(15-18)35-3/h5-11,14-15H,12-13,16H2,1-4H3. The smallest absolute Gasteiger partial charge is 0.273 e. The van der Waals surface area contributed by atoms with Gasteiger partial charge in [0, 0.05) is 29.6 Å². The SMILES string of the molecule is COc1cccc2c1CCN(C(=O)c1nc(-c3cc(OC)c(OC)c(OC)c3)nc3ccccc13)C2. The summed E-state index contributed by atoms with van der Waals surface area (Å²) in [5.74, 6) is 2.56. The van der Waals surface area contributed by atoms with Crippen LogP contribution in [0.4, 0.5) is 0 Å². The van der Waals surface area contributed by atoms with E-state index in [4.69, 9.17) is 28.9 Å². The number of hydrogen-bond acceptors (Lipinski definition) is 7. The molecule has 1 aromatic heterocycles. The minimum Gasteiger partial charge on any atom is -0.496 e. The number of carbonyl (C=O) groups is 1. The van der Waals surface area contributed by atoms with Crippen molar-refractivity contribution in [2.45, 2.75) is 13.0 Å². The van der Waals surface area contributed by atoms with Gasteiger partial charge in [-0.2, -0.15) is 0 Å². The quantitative estimate of drug-likeness (QED) is 0.397. The topological polar surface area (TPSA) is 83.0 Å². The number of benzene rings is 3. The molecule has 0 saturated heterocycles. The molecular weight excluding hydrogens is 458 g/mol. The van der Waals surface area contributed by atoms with Gasteiger partial charge in [0.15, 0.2) is 17.3 Å². The lowest BCUT2D eigenvalue weighted by Gasteiger charge is -2.30. The number of ether oxygens (including phenoxy) is 4. The summed E-state index contributed by atoms with van der Waals surface area (Å²) in [7, 11) is 6.33. The van der Waals surface area contributed by atoms with E-state index < -0.39 is 0 Å². The molecule has 4 aromatic rings. The molecule has 2 heterocycles. The molecule has 0 atom stereocenters. The van der Waals surface area contributed by atoms with Crippen LogP contribution in [0.1, 0.15) is 21.6 Å². The Labute approximate surface area is 209 Å². The van der Waals surface area contributed by atoms with Crippen molar-refractivity contribution in [3.8, 4) is 34.4 Å². The molecule has 3 aromatic carbocycles. The highest BCUT2D eigenvalue weighted by atomic mass is 16.5. The minimum absolute atomic E-state index is 0.143. The Bertz CT molecular complexity index is 1430. The Morgan fingerprint density at radius 1 is 0.833 bits per heavy atom. The van der Waals surface area contributed by atoms with Crippen LogP contribution in [-0.4, -0.2) is 55.8 Å². The summed E-state index contributed by atoms with van der Waals surface area (Å²) in [6, 6.07) is 17.0. The third kappa shape index (κ3) is 4.04. The summed E-state index contributed by atoms with van der Waals surface area (Å²) in [4.78, 5) is 25.2. The van der Waals surface area contributed by atoms with Crippen LogP contribution < -0.4 is 18.9 Å². The molecule has 0 radical (unpaired) electrons. The van der Waals surface area contributed by atoms with Gasteiger partial charge in [0.05, 0.1) is 34.0 Å². The first-order valence-electron chi connectivity index (χ1n) is 11.6. The average molecular weight is 486 g/mol. The van der Waals surface area contributed by atoms with Crippen LogP contribution in [0, 0.1) is 0 Å². The third-order valence-corrected chi connectivity index (χ3v) is 6.46. The zero-order valence-corrected chi connectivity index (χ0v) is 20.7. The summed E-state index contributed by atoms with van der Waals surface area (Å²) < 4.78 is 22.0. The number of amides is 1. The van der Waals surface area contributed by atoms with Crippen LogP contribution in [0.5, 0.6) is 23.0 Å². The summed E-state index contributed by atoms with van der Waals surface area (Å²) in [6.45, 7) is 1.06. The molecule has 0 N–H and O–H groups in total. The van der Waals surface area contributed by atoms with E-state index >= 15 is 0 Å². The molecule has 8 nitrogen and oxygen atoms in total. The van der Waals surface area contributed by atoms with Crippen LogP contribution in [-0.2, 0) is 13.0 Å². The van der Waals surface area contributed by atoms with Gasteiger partial charge in [0.1, 0.15) is 11.4 Å². The molecule has 5 rings (SSSR count). The molecule has 0 aliphatic carbocycles. The number of hydrogen-bond donors (Lipinski definition) is 0. The number of methoxy groups -OCH3 is 4. The molecule has 36 heavy (non-hydrogen) atoms. The lowest BCUT2D eigenvalue weighted by Crippen LogP contribution is -2.36. The van der Waals surface area contributed by atoms with E-state index in [-0.39, 0.29) is 5.91 Å². The Morgan fingerprint density at radius 2 is 1.56 bits per heavy atom. The molecule has 0 bridgehead atoms. The number of rotatable bonds is 6. The maximum atomic E-state index is 13.8. The van der Waals surface area contributed by atoms with Crippen LogP contribution in [0.25, 0.3) is 22.3 Å². The summed E-state index contributed by atoms with van der Waals surface area (Å²) in [5.41, 5.74) is 3.92. The molecular formula is C28H27N3O5. The van der Waals surface area contributed by atoms with Crippen molar-refractivity contribution >= 4 is 16.8 Å². The predicted octanol–water partition coefficient (Wildman–Crippen LogP) is 4.53. The monoisotopic (exact) mass is 485 g/mol. The molecule has 1 amide bonds. The van der Waals surface area contributed by atoms with E-state index in [1.165, 1.54) is 0 Å². The van der Waals surface area contributed by atoms with Crippen molar-refractivity contribution < 1.29 is 23.7 Å². The Balaban J connectivity index is 1.59. The highest BCUT2D eigenvalue weighted by Gasteiger charge is 2.27. The molecule has 0 fully saturated rings. The molecule has 184 valence electrons. The molecule has 1 aliphatic rings. The van der Waals surface area contributed by atoms with Gasteiger partial charge in [-0.15, -0.1) is 0 Å². The zero-order valence-electron chi connectivity index (χ0n) is 20.7. The first kappa shape index (κ1) is 23.4. The van der Waals surface area contributed by atoms with Gasteiger partial charge in [-0.05, 0) is 36.2 Å². The number of para-hydroxylation sites is 1. The second-order valence-corrected chi connectivity index (χ2v) is 8.40. The second-order valence-electron chi connectivity index (χ2n) is 8.40. The van der Waals surface area contributed by atoms with E-state index in [2.05, 4.69) is 0 Å². The first-order valence-corrected chi connectivity index (χ1v) is 11.6. The van der Waals surface area contributed by atoms with Gasteiger partial charge < -0.3 is 23.8 Å². The van der Waals surface area contributed by atoms with E-state index in [0.717, 1.165) is 16.9 Å². The lowest BCUT2D eigenvalue weighted by molar-refractivity contribution is 0.0730. The van der Waals surface area contributed by atoms with Crippen LogP contribution in [0.15, 0.2) is 54.6 Å². The van der Waals surface area contributed by atoms with E-state index in [1.807, 2.05) is 47.4 Å². The van der Waals surface area contributed by atoms with Gasteiger partial charge in [0.2, 0.25) is 5.75 Å². The predicted molar refractivity (Wildman–Crippen MR) is 136 cm³/mol. The molecule has 1 aliphatic heterocycles. The molecule has 0 saturated carbocycles. The number of carbonyl (C=O) groups excluding carboxylic acids is 1. The van der Waals surface area contributed by atoms with Crippen LogP contribution in [0.2, 0.25) is 0 Å². The first-order chi connectivity index (χ1) is 17.6. The van der Waals surface area contributed by atoms with E-state index in [9.17, 15) is 4.79 Å². The largest absolute Gasteiger partial charge is 0.496 e. The van der Waals surface area contributed by atoms with Gasteiger partial charge in [-0.25, -0.2) is 9.97 Å². The summed E-state index contributed by atoms with van der Waals surface area (Å²) >= 11 is 0. The van der Waals surface area contributed by atoms with Crippen molar-refractivity contribution in [1.29, 1.82) is 0 Å². The molecule has 8 heteroatoms. The second kappa shape index (κ2) is 9.73. The van der Waals surface area contributed by atoms with Crippen molar-refractivity contribution in [2.24, 2.45) is 0 Å². The van der Waals surface area contributed by atoms with Gasteiger partial charge in [0.25, 0.3) is 5.91 Å².